The maximum atomic E-state index is 13.3. The van der Waals surface area contributed by atoms with Gasteiger partial charge in [0.15, 0.2) is 40.8 Å². The number of aromatic nitrogens is 4. The predicted molar refractivity (Wildman–Crippen MR) is 244 cm³/mol. The van der Waals surface area contributed by atoms with Gasteiger partial charge in [-0.25, -0.2) is 13.6 Å². The third-order valence-electron chi connectivity index (χ3n) is 10.7. The SMILES string of the molecule is C.C.CCOC(=O)c1c(O)c2ncc(Cc3ccc(F)cc3)c3c2n(c1=O)C[C@@H](C(=O)NC)O3.CNC(=O)[C@@H]1Cn2c(=O)c(C(=O)NCCOC)c(O)c3ncc(Cc4ccc(F)cc4)c(c32)O1. The van der Waals surface area contributed by atoms with E-state index in [0.717, 1.165) is 11.1 Å². The number of rotatable bonds is 12. The number of amides is 3. The first kappa shape index (κ1) is 51.1. The number of halogens is 2. The molecule has 21 heteroatoms. The number of nitrogens with one attached hydrogen (secondary N) is 3. The first-order valence-electron chi connectivity index (χ1n) is 20.4. The maximum absolute atomic E-state index is 13.3. The van der Waals surface area contributed by atoms with Gasteiger partial charge in [0.2, 0.25) is 0 Å². The standard InChI is InChI=1S/C23H23FN4O6.C22H20FN3O6.2CH4/c1-25-21(30)15-11-28-18-17(19(29)16(23(28)32)22(31)26-7-8-33-2)27-10-13(20(18)34-15)9-12-3-5-14(24)6-4-12;1-3-31-22(30)15-18(27)16-17-19(32-14(20(28)24-2)10-26(17)21(15)29)12(9-25-16)8-11-4-6-13(23)7-5-11;;/h3-6,10,15,29H,7-9,11H2,1-2H3,(H,25,30)(H,26,31);4-7,9,14,27H,3,8,10H2,1-2H3,(H,24,28);2*1H4/t15-;14-;;/m00../s1. The summed E-state index contributed by atoms with van der Waals surface area (Å²) in [5.41, 5.74) is 0.222. The Morgan fingerprint density at radius 2 is 1.16 bits per heavy atom. The quantitative estimate of drug-likeness (QED) is 0.0871. The van der Waals surface area contributed by atoms with Crippen LogP contribution in [0.2, 0.25) is 0 Å². The Hall–Kier alpha value is -7.94. The van der Waals surface area contributed by atoms with Crippen molar-refractivity contribution in [3.63, 3.8) is 0 Å². The van der Waals surface area contributed by atoms with Gasteiger partial charge in [-0.05, 0) is 42.3 Å². The summed E-state index contributed by atoms with van der Waals surface area (Å²) in [5, 5.41) is 29.0. The average Bonchev–Trinajstić information content (AvgIpc) is 3.31. The number of esters is 1. The van der Waals surface area contributed by atoms with Crippen molar-refractivity contribution in [3.05, 3.63) is 127 Å². The largest absolute Gasteiger partial charge is 0.505 e. The second-order valence-electron chi connectivity index (χ2n) is 14.9. The van der Waals surface area contributed by atoms with E-state index >= 15 is 0 Å². The number of nitrogens with zero attached hydrogens (tertiary/aromatic N) is 4. The van der Waals surface area contributed by atoms with Gasteiger partial charge in [0, 0.05) is 64.1 Å². The lowest BCUT2D eigenvalue weighted by atomic mass is 10.0. The minimum Gasteiger partial charge on any atom is -0.505 e. The summed E-state index contributed by atoms with van der Waals surface area (Å²) in [6.45, 7) is 1.57. The molecule has 68 heavy (non-hydrogen) atoms. The topological polar surface area (TPSA) is 252 Å². The molecule has 0 bridgehead atoms. The number of aromatic hydroxyl groups is 2. The molecule has 2 aliphatic heterocycles. The summed E-state index contributed by atoms with van der Waals surface area (Å²) in [6.07, 6.45) is 1.30. The fourth-order valence-corrected chi connectivity index (χ4v) is 7.54. The molecule has 0 fully saturated rings. The van der Waals surface area contributed by atoms with Crippen LogP contribution in [0, 0.1) is 11.6 Å². The molecular formula is C47H51F2N7O12. The molecule has 6 heterocycles. The van der Waals surface area contributed by atoms with Gasteiger partial charge in [0.1, 0.15) is 39.3 Å². The highest BCUT2D eigenvalue weighted by atomic mass is 19.1. The van der Waals surface area contributed by atoms with Crippen LogP contribution in [0.25, 0.3) is 22.1 Å². The summed E-state index contributed by atoms with van der Waals surface area (Å²) in [7, 11) is 4.34. The molecule has 0 saturated carbocycles. The second-order valence-corrected chi connectivity index (χ2v) is 14.9. The maximum Gasteiger partial charge on any atom is 0.347 e. The molecule has 3 amide bonds. The van der Waals surface area contributed by atoms with E-state index in [1.54, 1.807) is 31.2 Å². The summed E-state index contributed by atoms with van der Waals surface area (Å²) in [6, 6.07) is 11.7. The Balaban J connectivity index is 0.000000247. The Bertz CT molecular complexity index is 3010. The number of hydrogen-bond donors (Lipinski definition) is 5. The molecule has 0 spiro atoms. The van der Waals surface area contributed by atoms with E-state index in [0.29, 0.717) is 11.1 Å². The van der Waals surface area contributed by atoms with Gasteiger partial charge >= 0.3 is 5.97 Å². The van der Waals surface area contributed by atoms with Gasteiger partial charge in [0.25, 0.3) is 28.8 Å². The highest BCUT2D eigenvalue weighted by Gasteiger charge is 2.36. The molecule has 2 aliphatic rings. The van der Waals surface area contributed by atoms with Crippen molar-refractivity contribution in [1.82, 2.24) is 35.1 Å². The van der Waals surface area contributed by atoms with Crippen molar-refractivity contribution >= 4 is 45.8 Å². The predicted octanol–water partition coefficient (Wildman–Crippen LogP) is 3.50. The fourth-order valence-electron chi connectivity index (χ4n) is 7.54. The van der Waals surface area contributed by atoms with Crippen molar-refractivity contribution in [1.29, 1.82) is 0 Å². The highest BCUT2D eigenvalue weighted by molar-refractivity contribution is 6.03. The van der Waals surface area contributed by atoms with Crippen LogP contribution in [-0.4, -0.2) is 106 Å². The van der Waals surface area contributed by atoms with E-state index in [1.165, 1.54) is 67.0 Å². The number of carbonyl (C=O) groups excluding carboxylic acids is 4. The van der Waals surface area contributed by atoms with Crippen LogP contribution in [0.15, 0.2) is 70.5 Å². The van der Waals surface area contributed by atoms with Crippen LogP contribution in [0.3, 0.4) is 0 Å². The Morgan fingerprint density at radius 3 is 1.57 bits per heavy atom. The molecule has 2 aromatic carbocycles. The number of benzene rings is 2. The molecule has 5 N–H and O–H groups in total. The molecule has 2 atom stereocenters. The Labute approximate surface area is 387 Å². The van der Waals surface area contributed by atoms with E-state index in [-0.39, 0.29) is 106 Å². The van der Waals surface area contributed by atoms with Gasteiger partial charge in [-0.3, -0.25) is 43.1 Å². The third-order valence-corrected chi connectivity index (χ3v) is 10.7. The summed E-state index contributed by atoms with van der Waals surface area (Å²) < 4.78 is 50.7. The van der Waals surface area contributed by atoms with Crippen molar-refractivity contribution in [2.24, 2.45) is 0 Å². The monoisotopic (exact) mass is 943 g/mol. The summed E-state index contributed by atoms with van der Waals surface area (Å²) in [5.74, 6) is -4.29. The van der Waals surface area contributed by atoms with Crippen molar-refractivity contribution < 1.29 is 57.1 Å². The van der Waals surface area contributed by atoms with E-state index in [2.05, 4.69) is 25.9 Å². The lowest BCUT2D eigenvalue weighted by molar-refractivity contribution is -0.129. The minimum atomic E-state index is -1.05. The van der Waals surface area contributed by atoms with Crippen LogP contribution in [0.1, 0.15) is 64.7 Å². The fraction of sp³-hybridized carbons (Fsp3) is 0.319. The highest BCUT2D eigenvalue weighted by Crippen LogP contribution is 2.39. The Kier molecular flexibility index (Phi) is 16.2. The number of hydrogen-bond acceptors (Lipinski definition) is 14. The molecule has 0 saturated heterocycles. The van der Waals surface area contributed by atoms with Gasteiger partial charge in [-0.2, -0.15) is 0 Å². The minimum absolute atomic E-state index is 0. The van der Waals surface area contributed by atoms with Crippen molar-refractivity contribution in [2.75, 3.05) is 41.0 Å². The van der Waals surface area contributed by atoms with E-state index in [4.69, 9.17) is 18.9 Å². The zero-order valence-corrected chi connectivity index (χ0v) is 35.9. The average molecular weight is 944 g/mol. The Morgan fingerprint density at radius 1 is 0.735 bits per heavy atom. The number of likely N-dealkylation sites (N-methyl/N-ethyl adjacent to an activating group) is 2. The normalized spacial score (nSPS) is 14.1. The molecule has 8 rings (SSSR count). The van der Waals surface area contributed by atoms with Crippen LogP contribution in [0.5, 0.6) is 23.0 Å². The number of methoxy groups -OCH3 is 1. The van der Waals surface area contributed by atoms with E-state index in [9.17, 15) is 47.8 Å². The summed E-state index contributed by atoms with van der Waals surface area (Å²) in [4.78, 5) is 84.8. The first-order chi connectivity index (χ1) is 31.7. The van der Waals surface area contributed by atoms with Gasteiger partial charge in [0.05, 0.1) is 26.3 Å². The van der Waals surface area contributed by atoms with Crippen LogP contribution >= 0.6 is 0 Å². The molecule has 19 nitrogen and oxygen atoms in total. The molecule has 6 aromatic rings. The van der Waals surface area contributed by atoms with E-state index < -0.39 is 69.6 Å². The first-order valence-corrected chi connectivity index (χ1v) is 20.4. The van der Waals surface area contributed by atoms with Gasteiger partial charge in [-0.1, -0.05) is 39.1 Å². The molecule has 4 aromatic heterocycles. The number of pyridine rings is 4. The zero-order chi connectivity index (χ0) is 47.4. The lowest BCUT2D eigenvalue weighted by Crippen LogP contribution is -2.45. The lowest BCUT2D eigenvalue weighted by Gasteiger charge is -2.28. The molecule has 0 unspecified atom stereocenters. The van der Waals surface area contributed by atoms with Crippen molar-refractivity contribution in [3.8, 4) is 23.0 Å². The molecule has 0 radical (unpaired) electrons. The summed E-state index contributed by atoms with van der Waals surface area (Å²) >= 11 is 0. The number of carbonyl (C=O) groups is 4. The second kappa shape index (κ2) is 21.6. The van der Waals surface area contributed by atoms with Crippen LogP contribution in [-0.2, 0) is 45.0 Å². The van der Waals surface area contributed by atoms with Gasteiger partial charge in [-0.15, -0.1) is 0 Å². The van der Waals surface area contributed by atoms with E-state index in [1.807, 2.05) is 0 Å². The molecular weight excluding hydrogens is 893 g/mol. The van der Waals surface area contributed by atoms with Gasteiger partial charge < -0.3 is 45.1 Å². The van der Waals surface area contributed by atoms with Crippen LogP contribution < -0.4 is 36.5 Å². The van der Waals surface area contributed by atoms with Crippen LogP contribution in [0.4, 0.5) is 8.78 Å². The third kappa shape index (κ3) is 9.92. The molecule has 360 valence electrons. The smallest absolute Gasteiger partial charge is 0.347 e. The molecule has 0 aliphatic carbocycles. The zero-order valence-electron chi connectivity index (χ0n) is 35.9. The van der Waals surface area contributed by atoms with Crippen molar-refractivity contribution in [2.45, 2.75) is 59.9 Å². The number of ether oxygens (including phenoxy) is 4.